The average molecular weight is 430 g/mol. The van der Waals surface area contributed by atoms with E-state index in [-0.39, 0.29) is 17.2 Å². The van der Waals surface area contributed by atoms with E-state index in [4.69, 9.17) is 11.5 Å². The third-order valence-electron chi connectivity index (χ3n) is 4.79. The Kier molecular flexibility index (Phi) is 5.63. The lowest BCUT2D eigenvalue weighted by atomic mass is 10.1. The number of nitrogens with two attached hydrogens (primary N) is 2. The summed E-state index contributed by atoms with van der Waals surface area (Å²) in [7, 11) is 0. The van der Waals surface area contributed by atoms with Crippen molar-refractivity contribution < 1.29 is 14.0 Å². The maximum atomic E-state index is 14.8. The molecule has 4 rings (SSSR count). The van der Waals surface area contributed by atoms with Crippen LogP contribution in [-0.2, 0) is 4.79 Å². The van der Waals surface area contributed by atoms with Gasteiger partial charge in [0.05, 0.1) is 23.0 Å². The Morgan fingerprint density at radius 3 is 2.38 bits per heavy atom. The largest absolute Gasteiger partial charge is 0.368 e. The van der Waals surface area contributed by atoms with Gasteiger partial charge < -0.3 is 22.1 Å². The van der Waals surface area contributed by atoms with E-state index in [1.165, 1.54) is 0 Å². The Hall–Kier alpha value is -4.53. The number of pyridine rings is 2. The highest BCUT2D eigenvalue weighted by Gasteiger charge is 2.22. The zero-order chi connectivity index (χ0) is 22.7. The number of amides is 2. The van der Waals surface area contributed by atoms with E-state index in [0.29, 0.717) is 11.3 Å². The molecule has 2 heterocycles. The van der Waals surface area contributed by atoms with E-state index < -0.39 is 23.7 Å². The van der Waals surface area contributed by atoms with Crippen molar-refractivity contribution in [1.29, 1.82) is 0 Å². The molecule has 6 N–H and O–H groups in total. The predicted octanol–water partition coefficient (Wildman–Crippen LogP) is 3.25. The van der Waals surface area contributed by atoms with Crippen molar-refractivity contribution in [3.63, 3.8) is 0 Å². The molecule has 9 heteroatoms. The molecule has 2 aromatic heterocycles. The molecular formula is C23H19FN6O2. The van der Waals surface area contributed by atoms with Gasteiger partial charge in [0.15, 0.2) is 11.6 Å². The lowest BCUT2D eigenvalue weighted by Crippen LogP contribution is -2.28. The van der Waals surface area contributed by atoms with Gasteiger partial charge >= 0.3 is 0 Å². The molecule has 0 bridgehead atoms. The molecule has 0 unspecified atom stereocenters. The number of halogens is 1. The predicted molar refractivity (Wildman–Crippen MR) is 120 cm³/mol. The normalized spacial score (nSPS) is 11.7. The summed E-state index contributed by atoms with van der Waals surface area (Å²) < 4.78 is 14.8. The third-order valence-corrected chi connectivity index (χ3v) is 4.79. The number of benzene rings is 2. The van der Waals surface area contributed by atoms with Crippen molar-refractivity contribution >= 4 is 40.0 Å². The topological polar surface area (TPSA) is 136 Å². The van der Waals surface area contributed by atoms with Crippen molar-refractivity contribution in [2.75, 3.05) is 10.6 Å². The number of nitrogens with zero attached hydrogens (tertiary/aromatic N) is 2. The Labute approximate surface area is 182 Å². The van der Waals surface area contributed by atoms with Gasteiger partial charge in [-0.25, -0.2) is 9.37 Å². The van der Waals surface area contributed by atoms with Crippen molar-refractivity contribution in [2.24, 2.45) is 11.5 Å². The van der Waals surface area contributed by atoms with Crippen molar-refractivity contribution in [1.82, 2.24) is 9.97 Å². The number of hydrogen-bond donors (Lipinski definition) is 4. The first kappa shape index (κ1) is 20.7. The molecule has 160 valence electrons. The molecule has 2 amide bonds. The minimum atomic E-state index is -1.03. The second-order valence-electron chi connectivity index (χ2n) is 7.01. The van der Waals surface area contributed by atoms with E-state index in [9.17, 15) is 14.0 Å². The summed E-state index contributed by atoms with van der Waals surface area (Å²) in [5.41, 5.74) is 12.6. The molecule has 0 aliphatic heterocycles. The van der Waals surface area contributed by atoms with Crippen LogP contribution in [0.3, 0.4) is 0 Å². The minimum absolute atomic E-state index is 0.00904. The van der Waals surface area contributed by atoms with Gasteiger partial charge in [0.2, 0.25) is 5.91 Å². The Bertz CT molecular complexity index is 1310. The second-order valence-corrected chi connectivity index (χ2v) is 7.01. The van der Waals surface area contributed by atoms with Crippen LogP contribution in [0.25, 0.3) is 10.9 Å². The first-order chi connectivity index (χ1) is 15.4. The van der Waals surface area contributed by atoms with Crippen LogP contribution in [0.2, 0.25) is 0 Å². The average Bonchev–Trinajstić information content (AvgIpc) is 2.79. The maximum Gasteiger partial charge on any atom is 0.252 e. The van der Waals surface area contributed by atoms with Gasteiger partial charge in [-0.15, -0.1) is 0 Å². The summed E-state index contributed by atoms with van der Waals surface area (Å²) in [5, 5.41) is 6.53. The zero-order valence-corrected chi connectivity index (χ0v) is 16.7. The number of nitrogens with one attached hydrogen (secondary N) is 2. The maximum absolute atomic E-state index is 14.8. The molecule has 0 aliphatic rings. The fourth-order valence-corrected chi connectivity index (χ4v) is 3.25. The van der Waals surface area contributed by atoms with Gasteiger partial charge in [-0.1, -0.05) is 48.5 Å². The SMILES string of the molecule is NC(=O)c1cc(F)c(N[C@@H](C(N)=O)c2ccccc2)nc1Nc1cnc2ccccc2c1. The molecule has 0 spiro atoms. The first-order valence-corrected chi connectivity index (χ1v) is 9.65. The lowest BCUT2D eigenvalue weighted by molar-refractivity contribution is -0.118. The molecule has 1 atom stereocenters. The zero-order valence-electron chi connectivity index (χ0n) is 16.7. The van der Waals surface area contributed by atoms with Crippen LogP contribution in [0.1, 0.15) is 22.0 Å². The fraction of sp³-hybridized carbons (Fsp3) is 0.0435. The second kappa shape index (κ2) is 8.68. The quantitative estimate of drug-likeness (QED) is 0.355. The summed E-state index contributed by atoms with van der Waals surface area (Å²) in [6, 6.07) is 17.8. The molecule has 4 aromatic rings. The van der Waals surface area contributed by atoms with Crippen LogP contribution in [0.15, 0.2) is 72.9 Å². The molecular weight excluding hydrogens is 411 g/mol. The first-order valence-electron chi connectivity index (χ1n) is 9.65. The van der Waals surface area contributed by atoms with Crippen LogP contribution in [-0.4, -0.2) is 21.8 Å². The molecule has 0 radical (unpaired) electrons. The highest BCUT2D eigenvalue weighted by Crippen LogP contribution is 2.27. The highest BCUT2D eigenvalue weighted by molar-refractivity contribution is 5.99. The molecule has 0 aliphatic carbocycles. The summed E-state index contributed by atoms with van der Waals surface area (Å²) in [6.45, 7) is 0. The smallest absolute Gasteiger partial charge is 0.252 e. The summed E-state index contributed by atoms with van der Waals surface area (Å²) >= 11 is 0. The van der Waals surface area contributed by atoms with E-state index in [0.717, 1.165) is 17.0 Å². The van der Waals surface area contributed by atoms with E-state index in [1.807, 2.05) is 24.3 Å². The van der Waals surface area contributed by atoms with Crippen LogP contribution < -0.4 is 22.1 Å². The Morgan fingerprint density at radius 2 is 1.66 bits per heavy atom. The molecule has 0 fully saturated rings. The molecule has 0 saturated heterocycles. The molecule has 2 aromatic carbocycles. The number of carbonyl (C=O) groups is 2. The van der Waals surface area contributed by atoms with Gasteiger partial charge in [-0.3, -0.25) is 14.6 Å². The highest BCUT2D eigenvalue weighted by atomic mass is 19.1. The number of anilines is 3. The lowest BCUT2D eigenvalue weighted by Gasteiger charge is -2.18. The number of fused-ring (bicyclic) bond motifs is 1. The van der Waals surface area contributed by atoms with Crippen molar-refractivity contribution in [3.05, 3.63) is 89.9 Å². The summed E-state index contributed by atoms with van der Waals surface area (Å²) in [5.74, 6) is -2.70. The van der Waals surface area contributed by atoms with Gasteiger partial charge in [0.1, 0.15) is 11.9 Å². The van der Waals surface area contributed by atoms with Gasteiger partial charge in [0, 0.05) is 5.39 Å². The number of hydrogen-bond acceptors (Lipinski definition) is 6. The van der Waals surface area contributed by atoms with Crippen molar-refractivity contribution in [2.45, 2.75) is 6.04 Å². The van der Waals surface area contributed by atoms with Gasteiger partial charge in [0.25, 0.3) is 5.91 Å². The van der Waals surface area contributed by atoms with Gasteiger partial charge in [-0.2, -0.15) is 0 Å². The fourth-order valence-electron chi connectivity index (χ4n) is 3.25. The molecule has 0 saturated carbocycles. The number of para-hydroxylation sites is 1. The summed E-state index contributed by atoms with van der Waals surface area (Å²) in [6.07, 6.45) is 1.56. The molecule has 32 heavy (non-hydrogen) atoms. The van der Waals surface area contributed by atoms with E-state index in [1.54, 1.807) is 42.6 Å². The van der Waals surface area contributed by atoms with E-state index >= 15 is 0 Å². The van der Waals surface area contributed by atoms with Gasteiger partial charge in [-0.05, 0) is 23.8 Å². The Morgan fingerprint density at radius 1 is 0.938 bits per heavy atom. The van der Waals surface area contributed by atoms with Crippen molar-refractivity contribution in [3.8, 4) is 0 Å². The van der Waals surface area contributed by atoms with Crippen LogP contribution in [0, 0.1) is 5.82 Å². The Balaban J connectivity index is 1.72. The van der Waals surface area contributed by atoms with Crippen LogP contribution >= 0.6 is 0 Å². The third kappa shape index (κ3) is 4.31. The summed E-state index contributed by atoms with van der Waals surface area (Å²) in [4.78, 5) is 32.4. The molecule has 8 nitrogen and oxygen atoms in total. The minimum Gasteiger partial charge on any atom is -0.368 e. The number of carbonyl (C=O) groups excluding carboxylic acids is 2. The standard InChI is InChI=1S/C23H19FN6O2/c24-17-11-16(20(25)31)22(28-15-10-14-8-4-5-9-18(14)27-12-15)30-23(17)29-19(21(26)32)13-6-2-1-3-7-13/h1-12,19H,(H2,25,31)(H2,26,32)(H2,28,29,30)/t19-/m1/s1. The van der Waals surface area contributed by atoms with Crippen LogP contribution in [0.4, 0.5) is 21.7 Å². The monoisotopic (exact) mass is 430 g/mol. The van der Waals surface area contributed by atoms with E-state index in [2.05, 4.69) is 20.6 Å². The number of rotatable bonds is 7. The number of aromatic nitrogens is 2. The van der Waals surface area contributed by atoms with Crippen LogP contribution in [0.5, 0.6) is 0 Å². The number of primary amides is 2.